The van der Waals surface area contributed by atoms with E-state index in [9.17, 15) is 0 Å². The highest BCUT2D eigenvalue weighted by molar-refractivity contribution is 5.06. The van der Waals surface area contributed by atoms with Crippen molar-refractivity contribution >= 4 is 0 Å². The molecule has 4 aliphatic rings. The summed E-state index contributed by atoms with van der Waals surface area (Å²) in [5, 5.41) is 0. The lowest BCUT2D eigenvalue weighted by atomic mass is 9.51. The summed E-state index contributed by atoms with van der Waals surface area (Å²) in [6.07, 6.45) is 11.4. The summed E-state index contributed by atoms with van der Waals surface area (Å²) in [6.45, 7) is 0.675. The first kappa shape index (κ1) is 12.8. The Hall–Kier alpha value is -0.960. The highest BCUT2D eigenvalue weighted by Gasteiger charge is 2.48. The molecule has 108 valence electrons. The van der Waals surface area contributed by atoms with Gasteiger partial charge in [0.05, 0.1) is 0 Å². The van der Waals surface area contributed by atoms with Crippen LogP contribution in [-0.2, 0) is 12.8 Å². The van der Waals surface area contributed by atoms with E-state index in [1.807, 2.05) is 12.3 Å². The fourth-order valence-electron chi connectivity index (χ4n) is 5.41. The Bertz CT molecular complexity index is 457. The van der Waals surface area contributed by atoms with E-state index in [2.05, 4.69) is 4.98 Å². The number of nitrogens with two attached hydrogens (primary N) is 1. The minimum atomic E-state index is 0.675. The predicted octanol–water partition coefficient (Wildman–Crippen LogP) is 2.59. The van der Waals surface area contributed by atoms with Gasteiger partial charge < -0.3 is 5.73 Å². The van der Waals surface area contributed by atoms with Crippen molar-refractivity contribution in [2.45, 2.75) is 44.9 Å². The van der Waals surface area contributed by atoms with Crippen LogP contribution in [0.2, 0.25) is 0 Å². The summed E-state index contributed by atoms with van der Waals surface area (Å²) < 4.78 is 0. The van der Waals surface area contributed by atoms with Crippen LogP contribution in [0.4, 0.5) is 0 Å². The molecule has 0 radical (unpaired) electrons. The maximum atomic E-state index is 5.63. The minimum absolute atomic E-state index is 0.675. The Morgan fingerprint density at radius 1 is 1.05 bits per heavy atom. The molecule has 3 heteroatoms. The Labute approximate surface area is 121 Å². The SMILES string of the molecule is NCCc1ccnc(CC2C3CC4CC(C3)CC2C4)n1. The van der Waals surface area contributed by atoms with Crippen LogP contribution in [0.5, 0.6) is 0 Å². The lowest BCUT2D eigenvalue weighted by Gasteiger charge is -2.54. The molecule has 4 bridgehead atoms. The van der Waals surface area contributed by atoms with Crippen molar-refractivity contribution in [1.29, 1.82) is 0 Å². The zero-order chi connectivity index (χ0) is 13.5. The van der Waals surface area contributed by atoms with E-state index in [0.717, 1.165) is 53.9 Å². The van der Waals surface area contributed by atoms with Crippen molar-refractivity contribution in [2.24, 2.45) is 35.3 Å². The van der Waals surface area contributed by atoms with Crippen LogP contribution in [-0.4, -0.2) is 16.5 Å². The van der Waals surface area contributed by atoms with Crippen molar-refractivity contribution in [2.75, 3.05) is 6.54 Å². The Balaban J connectivity index is 1.50. The summed E-state index contributed by atoms with van der Waals surface area (Å²) in [5.74, 6) is 5.96. The number of hydrogen-bond acceptors (Lipinski definition) is 3. The Kier molecular flexibility index (Phi) is 3.25. The van der Waals surface area contributed by atoms with Gasteiger partial charge in [-0.25, -0.2) is 9.97 Å². The van der Waals surface area contributed by atoms with Gasteiger partial charge in [-0.3, -0.25) is 0 Å². The predicted molar refractivity (Wildman–Crippen MR) is 79.0 cm³/mol. The maximum Gasteiger partial charge on any atom is 0.128 e. The second-order valence-electron chi connectivity index (χ2n) is 7.30. The molecular weight excluding hydrogens is 246 g/mol. The van der Waals surface area contributed by atoms with Gasteiger partial charge in [0.15, 0.2) is 0 Å². The van der Waals surface area contributed by atoms with Gasteiger partial charge in [-0.15, -0.1) is 0 Å². The molecule has 0 unspecified atom stereocenters. The van der Waals surface area contributed by atoms with E-state index < -0.39 is 0 Å². The first-order chi connectivity index (χ1) is 9.81. The average Bonchev–Trinajstić information content (AvgIpc) is 2.43. The zero-order valence-corrected chi connectivity index (χ0v) is 12.2. The van der Waals surface area contributed by atoms with Crippen LogP contribution in [0, 0.1) is 29.6 Å². The molecule has 1 aromatic rings. The molecule has 1 heterocycles. The summed E-state index contributed by atoms with van der Waals surface area (Å²) in [7, 11) is 0. The third-order valence-corrected chi connectivity index (χ3v) is 6.00. The molecule has 4 aliphatic carbocycles. The molecule has 0 spiro atoms. The molecular formula is C17H25N3. The standard InChI is InChI=1S/C17H25N3/c18-3-1-15-2-4-19-17(20-15)10-16-13-6-11-5-12(8-13)9-14(16)7-11/h2,4,11-14,16H,1,3,5-10,18H2. The van der Waals surface area contributed by atoms with Gasteiger partial charge in [0.2, 0.25) is 0 Å². The van der Waals surface area contributed by atoms with Crippen LogP contribution in [0.1, 0.15) is 43.6 Å². The lowest BCUT2D eigenvalue weighted by molar-refractivity contribution is -0.0367. The lowest BCUT2D eigenvalue weighted by Crippen LogP contribution is -2.45. The fraction of sp³-hybridized carbons (Fsp3) is 0.765. The van der Waals surface area contributed by atoms with E-state index in [1.165, 1.54) is 32.1 Å². The largest absolute Gasteiger partial charge is 0.330 e. The van der Waals surface area contributed by atoms with Crippen molar-refractivity contribution in [3.8, 4) is 0 Å². The van der Waals surface area contributed by atoms with Gasteiger partial charge in [-0.05, 0) is 74.3 Å². The van der Waals surface area contributed by atoms with Crippen molar-refractivity contribution in [3.63, 3.8) is 0 Å². The van der Waals surface area contributed by atoms with E-state index in [-0.39, 0.29) is 0 Å². The minimum Gasteiger partial charge on any atom is -0.330 e. The molecule has 0 aliphatic heterocycles. The van der Waals surface area contributed by atoms with Crippen LogP contribution in [0.3, 0.4) is 0 Å². The van der Waals surface area contributed by atoms with Crippen LogP contribution < -0.4 is 5.73 Å². The van der Waals surface area contributed by atoms with Crippen molar-refractivity contribution in [1.82, 2.24) is 9.97 Å². The van der Waals surface area contributed by atoms with Crippen molar-refractivity contribution in [3.05, 3.63) is 23.8 Å². The molecule has 1 aromatic heterocycles. The van der Waals surface area contributed by atoms with Crippen LogP contribution in [0.15, 0.2) is 12.3 Å². The van der Waals surface area contributed by atoms with E-state index in [1.54, 1.807) is 0 Å². The summed E-state index contributed by atoms with van der Waals surface area (Å²) >= 11 is 0. The highest BCUT2D eigenvalue weighted by Crippen LogP contribution is 2.57. The molecule has 2 N–H and O–H groups in total. The number of nitrogens with zero attached hydrogens (tertiary/aromatic N) is 2. The third kappa shape index (κ3) is 2.26. The molecule has 20 heavy (non-hydrogen) atoms. The van der Waals surface area contributed by atoms with Gasteiger partial charge in [0, 0.05) is 24.7 Å². The first-order valence-electron chi connectivity index (χ1n) is 8.32. The van der Waals surface area contributed by atoms with Crippen LogP contribution >= 0.6 is 0 Å². The quantitative estimate of drug-likeness (QED) is 0.915. The smallest absolute Gasteiger partial charge is 0.128 e. The molecule has 5 rings (SSSR count). The van der Waals surface area contributed by atoms with Gasteiger partial charge in [0.1, 0.15) is 5.82 Å². The second kappa shape index (κ2) is 5.10. The third-order valence-electron chi connectivity index (χ3n) is 6.00. The molecule has 4 saturated carbocycles. The number of rotatable bonds is 4. The number of aromatic nitrogens is 2. The zero-order valence-electron chi connectivity index (χ0n) is 12.2. The second-order valence-corrected chi connectivity index (χ2v) is 7.30. The van der Waals surface area contributed by atoms with Gasteiger partial charge in [0.25, 0.3) is 0 Å². The Morgan fingerprint density at radius 2 is 1.75 bits per heavy atom. The van der Waals surface area contributed by atoms with E-state index >= 15 is 0 Å². The van der Waals surface area contributed by atoms with E-state index in [0.29, 0.717) is 6.54 Å². The fourth-order valence-corrected chi connectivity index (χ4v) is 5.41. The van der Waals surface area contributed by atoms with Gasteiger partial charge in [-0.2, -0.15) is 0 Å². The van der Waals surface area contributed by atoms with Crippen molar-refractivity contribution < 1.29 is 0 Å². The normalized spacial score (nSPS) is 38.4. The van der Waals surface area contributed by atoms with Gasteiger partial charge in [-0.1, -0.05) is 0 Å². The topological polar surface area (TPSA) is 51.8 Å². The van der Waals surface area contributed by atoms with E-state index in [4.69, 9.17) is 10.7 Å². The number of hydrogen-bond donors (Lipinski definition) is 1. The molecule has 0 amide bonds. The first-order valence-corrected chi connectivity index (χ1v) is 8.32. The molecule has 0 atom stereocenters. The van der Waals surface area contributed by atoms with Crippen LogP contribution in [0.25, 0.3) is 0 Å². The molecule has 3 nitrogen and oxygen atoms in total. The molecule has 0 aromatic carbocycles. The summed E-state index contributed by atoms with van der Waals surface area (Å²) in [4.78, 5) is 9.24. The highest BCUT2D eigenvalue weighted by atomic mass is 14.9. The Morgan fingerprint density at radius 3 is 2.40 bits per heavy atom. The summed E-state index contributed by atoms with van der Waals surface area (Å²) in [6, 6.07) is 2.01. The monoisotopic (exact) mass is 271 g/mol. The molecule has 4 fully saturated rings. The maximum absolute atomic E-state index is 5.63. The molecule has 0 saturated heterocycles. The summed E-state index contributed by atoms with van der Waals surface area (Å²) in [5.41, 5.74) is 6.74. The average molecular weight is 271 g/mol. The van der Waals surface area contributed by atoms with Gasteiger partial charge >= 0.3 is 0 Å².